The summed E-state index contributed by atoms with van der Waals surface area (Å²) in [5, 5.41) is 9.11. The Balaban J connectivity index is 2.39. The highest BCUT2D eigenvalue weighted by molar-refractivity contribution is 5.71. The number of rotatable bonds is 7. The van der Waals surface area contributed by atoms with Crippen molar-refractivity contribution in [1.82, 2.24) is 4.90 Å². The van der Waals surface area contributed by atoms with Gasteiger partial charge in [-0.25, -0.2) is 0 Å². The van der Waals surface area contributed by atoms with E-state index in [1.807, 2.05) is 0 Å². The second kappa shape index (κ2) is 7.00. The second-order valence-corrected chi connectivity index (χ2v) is 5.56. The highest BCUT2D eigenvalue weighted by Gasteiger charge is 2.34. The van der Waals surface area contributed by atoms with Crippen LogP contribution in [0.25, 0.3) is 0 Å². The van der Waals surface area contributed by atoms with E-state index in [4.69, 9.17) is 5.11 Å². The van der Waals surface area contributed by atoms with Crippen LogP contribution in [0.2, 0.25) is 0 Å². The average molecular weight is 241 g/mol. The highest BCUT2D eigenvalue weighted by atomic mass is 16.4. The molecule has 1 unspecified atom stereocenters. The molecule has 1 aliphatic heterocycles. The van der Waals surface area contributed by atoms with Crippen molar-refractivity contribution in [1.29, 1.82) is 0 Å². The monoisotopic (exact) mass is 241 g/mol. The van der Waals surface area contributed by atoms with E-state index in [1.165, 1.54) is 25.7 Å². The van der Waals surface area contributed by atoms with Gasteiger partial charge in [0.15, 0.2) is 0 Å². The highest BCUT2D eigenvalue weighted by Crippen LogP contribution is 2.25. The molecular weight excluding hydrogens is 214 g/mol. The van der Waals surface area contributed by atoms with E-state index in [2.05, 4.69) is 25.7 Å². The molecule has 1 saturated heterocycles. The van der Waals surface area contributed by atoms with Crippen LogP contribution in [-0.2, 0) is 4.79 Å². The van der Waals surface area contributed by atoms with Crippen LogP contribution in [0.15, 0.2) is 0 Å². The van der Waals surface area contributed by atoms with Crippen molar-refractivity contribution in [3.8, 4) is 0 Å². The number of hydrogen-bond acceptors (Lipinski definition) is 2. The molecule has 3 atom stereocenters. The molecule has 0 bridgehead atoms. The Morgan fingerprint density at radius 1 is 1.41 bits per heavy atom. The summed E-state index contributed by atoms with van der Waals surface area (Å²) < 4.78 is 0. The molecule has 1 N–H and O–H groups in total. The number of carbonyl (C=O) groups is 1. The number of likely N-dealkylation sites (tertiary alicyclic amines) is 1. The largest absolute Gasteiger partial charge is 0.481 e. The molecule has 0 spiro atoms. The van der Waals surface area contributed by atoms with E-state index >= 15 is 0 Å². The standard InChI is InChI=1S/C14H27NO2/c1-4-6-7-12(5-2)9-15-8-11(3)13(10-15)14(16)17/h11-13H,4-10H2,1-3H3,(H,16,17)/t11-,12?,13-/m1/s1. The van der Waals surface area contributed by atoms with Crippen LogP contribution < -0.4 is 0 Å². The van der Waals surface area contributed by atoms with Crippen molar-refractivity contribution < 1.29 is 9.90 Å². The minimum atomic E-state index is -0.624. The number of nitrogens with zero attached hydrogens (tertiary/aromatic N) is 1. The van der Waals surface area contributed by atoms with Crippen LogP contribution in [0.1, 0.15) is 46.5 Å². The molecule has 1 rings (SSSR count). The molecule has 0 aromatic heterocycles. The molecule has 3 heteroatoms. The van der Waals surface area contributed by atoms with Gasteiger partial charge in [-0.2, -0.15) is 0 Å². The van der Waals surface area contributed by atoms with Gasteiger partial charge in [0.25, 0.3) is 0 Å². The lowest BCUT2D eigenvalue weighted by Crippen LogP contribution is -2.28. The topological polar surface area (TPSA) is 40.5 Å². The van der Waals surface area contributed by atoms with E-state index < -0.39 is 5.97 Å². The van der Waals surface area contributed by atoms with Gasteiger partial charge in [-0.05, 0) is 18.3 Å². The van der Waals surface area contributed by atoms with Gasteiger partial charge in [0.05, 0.1) is 5.92 Å². The molecular formula is C14H27NO2. The molecule has 1 heterocycles. The summed E-state index contributed by atoms with van der Waals surface area (Å²) in [6, 6.07) is 0. The van der Waals surface area contributed by atoms with E-state index in [1.54, 1.807) is 0 Å². The van der Waals surface area contributed by atoms with Gasteiger partial charge < -0.3 is 10.0 Å². The lowest BCUT2D eigenvalue weighted by Gasteiger charge is -2.22. The average Bonchev–Trinajstić information content (AvgIpc) is 2.65. The van der Waals surface area contributed by atoms with E-state index in [-0.39, 0.29) is 5.92 Å². The molecule has 100 valence electrons. The Morgan fingerprint density at radius 2 is 2.12 bits per heavy atom. The number of unbranched alkanes of at least 4 members (excludes halogenated alkanes) is 1. The first kappa shape index (κ1) is 14.5. The predicted molar refractivity (Wildman–Crippen MR) is 70.0 cm³/mol. The maximum atomic E-state index is 11.1. The zero-order valence-corrected chi connectivity index (χ0v) is 11.5. The second-order valence-electron chi connectivity index (χ2n) is 5.56. The molecule has 0 amide bonds. The molecule has 1 fully saturated rings. The van der Waals surface area contributed by atoms with Crippen molar-refractivity contribution in [2.75, 3.05) is 19.6 Å². The number of carboxylic acid groups (broad SMARTS) is 1. The fraction of sp³-hybridized carbons (Fsp3) is 0.929. The van der Waals surface area contributed by atoms with Crippen molar-refractivity contribution in [2.24, 2.45) is 17.8 Å². The first-order valence-electron chi connectivity index (χ1n) is 7.03. The Hall–Kier alpha value is -0.570. The minimum absolute atomic E-state index is 0.154. The van der Waals surface area contributed by atoms with Crippen LogP contribution in [0, 0.1) is 17.8 Å². The Morgan fingerprint density at radius 3 is 2.59 bits per heavy atom. The maximum absolute atomic E-state index is 11.1. The fourth-order valence-electron chi connectivity index (χ4n) is 2.82. The Bertz CT molecular complexity index is 242. The summed E-state index contributed by atoms with van der Waals surface area (Å²) in [6.45, 7) is 9.33. The summed E-state index contributed by atoms with van der Waals surface area (Å²) in [4.78, 5) is 13.4. The smallest absolute Gasteiger partial charge is 0.308 e. The van der Waals surface area contributed by atoms with Crippen molar-refractivity contribution >= 4 is 5.97 Å². The van der Waals surface area contributed by atoms with E-state index in [9.17, 15) is 4.79 Å². The molecule has 0 saturated carbocycles. The molecule has 0 aliphatic carbocycles. The maximum Gasteiger partial charge on any atom is 0.308 e. The van der Waals surface area contributed by atoms with Crippen LogP contribution in [0.4, 0.5) is 0 Å². The minimum Gasteiger partial charge on any atom is -0.481 e. The SMILES string of the molecule is CCCCC(CC)CN1C[C@@H](C)[C@H](C(=O)O)C1. The van der Waals surface area contributed by atoms with Crippen molar-refractivity contribution in [3.05, 3.63) is 0 Å². The quantitative estimate of drug-likeness (QED) is 0.745. The summed E-state index contributed by atoms with van der Waals surface area (Å²) in [6.07, 6.45) is 5.05. The van der Waals surface area contributed by atoms with Gasteiger partial charge >= 0.3 is 5.97 Å². The molecule has 0 aromatic carbocycles. The van der Waals surface area contributed by atoms with Crippen LogP contribution in [0.5, 0.6) is 0 Å². The van der Waals surface area contributed by atoms with Gasteiger partial charge in [-0.3, -0.25) is 4.79 Å². The number of aliphatic carboxylic acids is 1. The van der Waals surface area contributed by atoms with Crippen molar-refractivity contribution in [2.45, 2.75) is 46.5 Å². The zero-order chi connectivity index (χ0) is 12.8. The van der Waals surface area contributed by atoms with Crippen molar-refractivity contribution in [3.63, 3.8) is 0 Å². The van der Waals surface area contributed by atoms with Crippen LogP contribution >= 0.6 is 0 Å². The van der Waals surface area contributed by atoms with Gasteiger partial charge in [-0.1, -0.05) is 40.0 Å². The third-order valence-electron chi connectivity index (χ3n) is 4.06. The fourth-order valence-corrected chi connectivity index (χ4v) is 2.82. The molecule has 1 aliphatic rings. The zero-order valence-electron chi connectivity index (χ0n) is 11.5. The molecule has 3 nitrogen and oxygen atoms in total. The van der Waals surface area contributed by atoms with Crippen LogP contribution in [-0.4, -0.2) is 35.6 Å². The first-order chi connectivity index (χ1) is 8.08. The Kier molecular flexibility index (Phi) is 5.96. The van der Waals surface area contributed by atoms with Gasteiger partial charge in [0, 0.05) is 19.6 Å². The molecule has 0 aromatic rings. The third kappa shape index (κ3) is 4.30. The lowest BCUT2D eigenvalue weighted by molar-refractivity contribution is -0.142. The van der Waals surface area contributed by atoms with Gasteiger partial charge in [0.2, 0.25) is 0 Å². The third-order valence-corrected chi connectivity index (χ3v) is 4.06. The molecule has 0 radical (unpaired) electrons. The van der Waals surface area contributed by atoms with Gasteiger partial charge in [0.1, 0.15) is 0 Å². The summed E-state index contributed by atoms with van der Waals surface area (Å²) in [5.41, 5.74) is 0. The normalized spacial score (nSPS) is 27.2. The first-order valence-corrected chi connectivity index (χ1v) is 7.03. The van der Waals surface area contributed by atoms with E-state index in [0.29, 0.717) is 5.92 Å². The molecule has 17 heavy (non-hydrogen) atoms. The number of hydrogen-bond donors (Lipinski definition) is 1. The number of carboxylic acids is 1. The lowest BCUT2D eigenvalue weighted by atomic mass is 9.99. The van der Waals surface area contributed by atoms with E-state index in [0.717, 1.165) is 25.6 Å². The summed E-state index contributed by atoms with van der Waals surface area (Å²) in [7, 11) is 0. The van der Waals surface area contributed by atoms with Gasteiger partial charge in [-0.15, -0.1) is 0 Å². The summed E-state index contributed by atoms with van der Waals surface area (Å²) >= 11 is 0. The predicted octanol–water partition coefficient (Wildman–Crippen LogP) is 2.86. The van der Waals surface area contributed by atoms with Crippen LogP contribution in [0.3, 0.4) is 0 Å². The Labute approximate surface area is 105 Å². The summed E-state index contributed by atoms with van der Waals surface area (Å²) in [5.74, 6) is 0.270.